The van der Waals surface area contributed by atoms with Crippen molar-refractivity contribution in [2.45, 2.75) is 25.4 Å². The molecule has 5 heteroatoms. The maximum Gasteiger partial charge on any atom is 0.162 e. The fourth-order valence-corrected chi connectivity index (χ4v) is 3.23. The number of hydrogen-bond acceptors (Lipinski definition) is 4. The van der Waals surface area contributed by atoms with Gasteiger partial charge in [-0.25, -0.2) is 4.39 Å². The molecule has 1 fully saturated rings. The first kappa shape index (κ1) is 16.6. The van der Waals surface area contributed by atoms with Crippen LogP contribution in [-0.2, 0) is 6.54 Å². The number of phenolic OH excluding ortho intramolecular Hbond substituents is 1. The Hall–Kier alpha value is -2.27. The van der Waals surface area contributed by atoms with Gasteiger partial charge in [0.05, 0.1) is 7.11 Å². The van der Waals surface area contributed by atoms with Crippen LogP contribution in [0.4, 0.5) is 10.1 Å². The third-order valence-electron chi connectivity index (χ3n) is 4.40. The molecule has 2 aromatic carbocycles. The Balaban J connectivity index is 1.63. The second kappa shape index (κ2) is 7.53. The van der Waals surface area contributed by atoms with Gasteiger partial charge in [-0.2, -0.15) is 0 Å². The number of likely N-dealkylation sites (tertiary alicyclic amines) is 1. The number of benzene rings is 2. The zero-order chi connectivity index (χ0) is 16.9. The molecular formula is C19H23FN2O2. The molecule has 1 aliphatic heterocycles. The van der Waals surface area contributed by atoms with E-state index in [1.165, 1.54) is 12.1 Å². The van der Waals surface area contributed by atoms with Crippen LogP contribution in [0.2, 0.25) is 0 Å². The Labute approximate surface area is 141 Å². The fraction of sp³-hybridized carbons (Fsp3) is 0.368. The van der Waals surface area contributed by atoms with Crippen molar-refractivity contribution < 1.29 is 14.2 Å². The van der Waals surface area contributed by atoms with Gasteiger partial charge in [-0.3, -0.25) is 4.90 Å². The summed E-state index contributed by atoms with van der Waals surface area (Å²) in [7, 11) is 1.55. The van der Waals surface area contributed by atoms with Crippen LogP contribution in [0.3, 0.4) is 0 Å². The van der Waals surface area contributed by atoms with Gasteiger partial charge in [-0.05, 0) is 43.7 Å². The highest BCUT2D eigenvalue weighted by Crippen LogP contribution is 2.31. The van der Waals surface area contributed by atoms with Crippen LogP contribution in [-0.4, -0.2) is 36.2 Å². The molecule has 2 N–H and O–H groups in total. The summed E-state index contributed by atoms with van der Waals surface area (Å²) in [5.74, 6) is 0.480. The average Bonchev–Trinajstić information content (AvgIpc) is 2.57. The van der Waals surface area contributed by atoms with E-state index in [9.17, 15) is 9.50 Å². The molecule has 2 aromatic rings. The van der Waals surface area contributed by atoms with Crippen LogP contribution in [0.1, 0.15) is 18.4 Å². The van der Waals surface area contributed by atoms with Gasteiger partial charge >= 0.3 is 0 Å². The highest BCUT2D eigenvalue weighted by Gasteiger charge is 2.21. The van der Waals surface area contributed by atoms with Crippen LogP contribution < -0.4 is 10.1 Å². The third-order valence-corrected chi connectivity index (χ3v) is 4.40. The highest BCUT2D eigenvalue weighted by molar-refractivity contribution is 5.46. The summed E-state index contributed by atoms with van der Waals surface area (Å²) in [5.41, 5.74) is 1.67. The second-order valence-corrected chi connectivity index (χ2v) is 6.20. The zero-order valence-corrected chi connectivity index (χ0v) is 13.8. The quantitative estimate of drug-likeness (QED) is 0.879. The Morgan fingerprint density at radius 2 is 2.12 bits per heavy atom. The lowest BCUT2D eigenvalue weighted by Gasteiger charge is -2.33. The lowest BCUT2D eigenvalue weighted by Crippen LogP contribution is -2.41. The number of nitrogens with zero attached hydrogens (tertiary/aromatic N) is 1. The van der Waals surface area contributed by atoms with Crippen LogP contribution >= 0.6 is 0 Å². The summed E-state index contributed by atoms with van der Waals surface area (Å²) in [6.45, 7) is 2.51. The summed E-state index contributed by atoms with van der Waals surface area (Å²) in [5, 5.41) is 13.6. The number of piperidine rings is 1. The predicted molar refractivity (Wildman–Crippen MR) is 93.0 cm³/mol. The molecule has 3 rings (SSSR count). The molecule has 0 aromatic heterocycles. The van der Waals surface area contributed by atoms with Gasteiger partial charge in [0.25, 0.3) is 0 Å². The molecule has 128 valence electrons. The summed E-state index contributed by atoms with van der Waals surface area (Å²) >= 11 is 0. The van der Waals surface area contributed by atoms with E-state index in [0.29, 0.717) is 12.3 Å². The molecule has 0 radical (unpaired) electrons. The fourth-order valence-electron chi connectivity index (χ4n) is 3.23. The average molecular weight is 330 g/mol. The largest absolute Gasteiger partial charge is 0.504 e. The van der Waals surface area contributed by atoms with Crippen LogP contribution in [0.15, 0.2) is 42.5 Å². The number of ether oxygens (including phenoxy) is 1. The molecule has 1 saturated heterocycles. The number of aromatic hydroxyl groups is 1. The van der Waals surface area contributed by atoms with Crippen molar-refractivity contribution in [2.24, 2.45) is 0 Å². The number of nitrogens with one attached hydrogen (secondary N) is 1. The minimum atomic E-state index is -0.228. The minimum Gasteiger partial charge on any atom is -0.504 e. The van der Waals surface area contributed by atoms with Crippen LogP contribution in [0, 0.1) is 5.82 Å². The summed E-state index contributed by atoms with van der Waals surface area (Å²) < 4.78 is 18.5. The lowest BCUT2D eigenvalue weighted by atomic mass is 10.0. The first-order chi connectivity index (χ1) is 11.7. The zero-order valence-electron chi connectivity index (χ0n) is 13.8. The van der Waals surface area contributed by atoms with E-state index in [1.807, 2.05) is 18.2 Å². The Bertz CT molecular complexity index is 693. The summed E-state index contributed by atoms with van der Waals surface area (Å²) in [6, 6.07) is 12.4. The molecule has 0 bridgehead atoms. The number of halogens is 1. The van der Waals surface area contributed by atoms with Crippen molar-refractivity contribution in [3.63, 3.8) is 0 Å². The highest BCUT2D eigenvalue weighted by atomic mass is 19.1. The summed E-state index contributed by atoms with van der Waals surface area (Å²) in [6.07, 6.45) is 2.12. The minimum absolute atomic E-state index is 0.209. The Morgan fingerprint density at radius 3 is 2.92 bits per heavy atom. The lowest BCUT2D eigenvalue weighted by molar-refractivity contribution is 0.206. The molecule has 24 heavy (non-hydrogen) atoms. The van der Waals surface area contributed by atoms with Crippen molar-refractivity contribution in [3.05, 3.63) is 53.8 Å². The molecule has 1 atom stereocenters. The maximum atomic E-state index is 13.3. The number of rotatable bonds is 5. The normalized spacial score (nSPS) is 18.3. The van der Waals surface area contributed by atoms with Crippen molar-refractivity contribution in [1.82, 2.24) is 4.90 Å². The molecule has 4 nitrogen and oxygen atoms in total. The molecule has 0 aliphatic carbocycles. The van der Waals surface area contributed by atoms with E-state index in [4.69, 9.17) is 4.74 Å². The molecule has 0 spiro atoms. The number of phenols is 1. The second-order valence-electron chi connectivity index (χ2n) is 6.20. The Morgan fingerprint density at radius 1 is 1.29 bits per heavy atom. The smallest absolute Gasteiger partial charge is 0.162 e. The standard InChI is InChI=1S/C19H23FN2O2/c1-24-18-9-2-5-14(19(18)23)12-22-10-4-8-17(13-22)21-16-7-3-6-15(20)11-16/h2-3,5-7,9,11,17,21,23H,4,8,10,12-13H2,1H3/t17-/m0/s1. The van der Waals surface area contributed by atoms with Crippen LogP contribution in [0.5, 0.6) is 11.5 Å². The van der Waals surface area contributed by atoms with Crippen LogP contribution in [0.25, 0.3) is 0 Å². The van der Waals surface area contributed by atoms with E-state index in [2.05, 4.69) is 10.2 Å². The van der Waals surface area contributed by atoms with E-state index < -0.39 is 0 Å². The van der Waals surface area contributed by atoms with Gasteiger partial charge < -0.3 is 15.2 Å². The molecular weight excluding hydrogens is 307 g/mol. The first-order valence-corrected chi connectivity index (χ1v) is 8.25. The van der Waals surface area contributed by atoms with E-state index in [1.54, 1.807) is 19.2 Å². The third kappa shape index (κ3) is 3.97. The van der Waals surface area contributed by atoms with Gasteiger partial charge in [0.2, 0.25) is 0 Å². The first-order valence-electron chi connectivity index (χ1n) is 8.25. The monoisotopic (exact) mass is 330 g/mol. The van der Waals surface area contributed by atoms with Crippen molar-refractivity contribution >= 4 is 5.69 Å². The predicted octanol–water partition coefficient (Wildman–Crippen LogP) is 3.62. The van der Waals surface area contributed by atoms with Gasteiger partial charge in [0, 0.05) is 30.4 Å². The number of methoxy groups -OCH3 is 1. The molecule has 0 amide bonds. The maximum absolute atomic E-state index is 13.3. The SMILES string of the molecule is COc1cccc(CN2CCC[C@H](Nc3cccc(F)c3)C2)c1O. The van der Waals surface area contributed by atoms with E-state index in [-0.39, 0.29) is 17.6 Å². The molecule has 0 unspecified atom stereocenters. The number of hydrogen-bond donors (Lipinski definition) is 2. The molecule has 0 saturated carbocycles. The Kier molecular flexibility index (Phi) is 5.20. The van der Waals surface area contributed by atoms with Gasteiger partial charge in [0.15, 0.2) is 11.5 Å². The van der Waals surface area contributed by atoms with E-state index in [0.717, 1.165) is 37.2 Å². The van der Waals surface area contributed by atoms with Gasteiger partial charge in [-0.15, -0.1) is 0 Å². The molecule has 1 heterocycles. The topological polar surface area (TPSA) is 44.7 Å². The number of para-hydroxylation sites is 1. The number of anilines is 1. The van der Waals surface area contributed by atoms with Gasteiger partial charge in [0.1, 0.15) is 5.82 Å². The van der Waals surface area contributed by atoms with Crippen molar-refractivity contribution in [3.8, 4) is 11.5 Å². The summed E-state index contributed by atoms with van der Waals surface area (Å²) in [4.78, 5) is 2.30. The van der Waals surface area contributed by atoms with Crippen molar-refractivity contribution in [2.75, 3.05) is 25.5 Å². The van der Waals surface area contributed by atoms with E-state index >= 15 is 0 Å². The molecule has 1 aliphatic rings. The van der Waals surface area contributed by atoms with Gasteiger partial charge in [-0.1, -0.05) is 18.2 Å². The van der Waals surface area contributed by atoms with Crippen molar-refractivity contribution in [1.29, 1.82) is 0 Å².